The molecule has 148 valence electrons. The standard InChI is InChI=1S/C19H31N3O3.HI/c1-20-18(22-14-19(8-5-9-19)10-11-23-2)21-13-15-6-7-16(24-3)12-17(15)25-4;/h6-7,12H,5,8-11,13-14H2,1-4H3,(H2,20,21,22);1H. The van der Waals surface area contributed by atoms with Crippen molar-refractivity contribution in [3.63, 3.8) is 0 Å². The molecule has 0 heterocycles. The topological polar surface area (TPSA) is 64.1 Å². The molecule has 0 amide bonds. The van der Waals surface area contributed by atoms with Gasteiger partial charge in [0.15, 0.2) is 5.96 Å². The van der Waals surface area contributed by atoms with E-state index in [1.54, 1.807) is 28.4 Å². The quantitative estimate of drug-likeness (QED) is 0.325. The molecule has 1 aliphatic rings. The summed E-state index contributed by atoms with van der Waals surface area (Å²) >= 11 is 0. The van der Waals surface area contributed by atoms with E-state index in [1.165, 1.54) is 19.3 Å². The van der Waals surface area contributed by atoms with Gasteiger partial charge in [0.05, 0.1) is 14.2 Å². The molecule has 0 radical (unpaired) electrons. The average molecular weight is 477 g/mol. The van der Waals surface area contributed by atoms with Crippen LogP contribution in [0.1, 0.15) is 31.2 Å². The molecule has 0 spiro atoms. The first kappa shape index (κ1) is 22.8. The summed E-state index contributed by atoms with van der Waals surface area (Å²) in [6.45, 7) is 2.38. The van der Waals surface area contributed by atoms with Crippen molar-refractivity contribution in [3.8, 4) is 11.5 Å². The van der Waals surface area contributed by atoms with Crippen molar-refractivity contribution in [1.82, 2.24) is 10.6 Å². The van der Waals surface area contributed by atoms with Crippen LogP contribution in [0.15, 0.2) is 23.2 Å². The fourth-order valence-electron chi connectivity index (χ4n) is 3.18. The molecule has 0 atom stereocenters. The van der Waals surface area contributed by atoms with Crippen LogP contribution in [0.2, 0.25) is 0 Å². The Morgan fingerprint density at radius 1 is 1.15 bits per heavy atom. The first-order valence-electron chi connectivity index (χ1n) is 8.81. The fourth-order valence-corrected chi connectivity index (χ4v) is 3.18. The lowest BCUT2D eigenvalue weighted by Gasteiger charge is -2.42. The number of benzene rings is 1. The van der Waals surface area contributed by atoms with E-state index in [0.29, 0.717) is 12.0 Å². The van der Waals surface area contributed by atoms with Gasteiger partial charge in [-0.25, -0.2) is 0 Å². The Balaban J connectivity index is 0.00000338. The molecule has 0 aliphatic heterocycles. The Morgan fingerprint density at radius 2 is 1.92 bits per heavy atom. The molecule has 6 nitrogen and oxygen atoms in total. The zero-order valence-corrected chi connectivity index (χ0v) is 18.6. The molecular weight excluding hydrogens is 445 g/mol. The van der Waals surface area contributed by atoms with Gasteiger partial charge in [0.2, 0.25) is 0 Å². The summed E-state index contributed by atoms with van der Waals surface area (Å²) < 4.78 is 15.9. The molecule has 0 saturated heterocycles. The van der Waals surface area contributed by atoms with E-state index < -0.39 is 0 Å². The molecular formula is C19H32IN3O3. The zero-order valence-electron chi connectivity index (χ0n) is 16.3. The molecule has 1 aromatic rings. The number of aliphatic imine (C=N–C) groups is 1. The normalized spacial score (nSPS) is 15.5. The number of methoxy groups -OCH3 is 3. The van der Waals surface area contributed by atoms with Gasteiger partial charge in [-0.15, -0.1) is 24.0 Å². The molecule has 1 aromatic carbocycles. The van der Waals surface area contributed by atoms with Gasteiger partial charge in [-0.2, -0.15) is 0 Å². The van der Waals surface area contributed by atoms with Crippen molar-refractivity contribution in [2.24, 2.45) is 10.4 Å². The van der Waals surface area contributed by atoms with Crippen molar-refractivity contribution in [3.05, 3.63) is 23.8 Å². The van der Waals surface area contributed by atoms with Gasteiger partial charge >= 0.3 is 0 Å². The fraction of sp³-hybridized carbons (Fsp3) is 0.632. The first-order valence-corrected chi connectivity index (χ1v) is 8.81. The molecule has 7 heteroatoms. The maximum atomic E-state index is 5.44. The number of hydrogen-bond acceptors (Lipinski definition) is 4. The lowest BCUT2D eigenvalue weighted by atomic mass is 9.67. The zero-order chi connectivity index (χ0) is 18.1. The molecule has 0 aromatic heterocycles. The van der Waals surface area contributed by atoms with Crippen LogP contribution in [0.5, 0.6) is 11.5 Å². The molecule has 26 heavy (non-hydrogen) atoms. The Morgan fingerprint density at radius 3 is 2.46 bits per heavy atom. The largest absolute Gasteiger partial charge is 0.497 e. The Kier molecular flexibility index (Phi) is 10.1. The number of nitrogens with one attached hydrogen (secondary N) is 2. The molecule has 0 unspecified atom stereocenters. The maximum absolute atomic E-state index is 5.44. The second-order valence-corrected chi connectivity index (χ2v) is 6.55. The van der Waals surface area contributed by atoms with Gasteiger partial charge in [0.1, 0.15) is 11.5 Å². The molecule has 1 fully saturated rings. The van der Waals surface area contributed by atoms with Crippen LogP contribution in [0.25, 0.3) is 0 Å². The van der Waals surface area contributed by atoms with Crippen LogP contribution in [0.3, 0.4) is 0 Å². The van der Waals surface area contributed by atoms with Crippen molar-refractivity contribution >= 4 is 29.9 Å². The number of rotatable bonds is 9. The third-order valence-electron chi connectivity index (χ3n) is 5.05. The molecule has 1 aliphatic carbocycles. The van der Waals surface area contributed by atoms with Crippen LogP contribution in [-0.4, -0.2) is 47.5 Å². The summed E-state index contributed by atoms with van der Waals surface area (Å²) in [4.78, 5) is 4.33. The number of ether oxygens (including phenoxy) is 3. The SMILES string of the molecule is CN=C(NCc1ccc(OC)cc1OC)NCC1(CCOC)CCC1.I. The van der Waals surface area contributed by atoms with Crippen LogP contribution < -0.4 is 20.1 Å². The Bertz CT molecular complexity index is 577. The molecule has 0 bridgehead atoms. The highest BCUT2D eigenvalue weighted by Crippen LogP contribution is 2.43. The highest BCUT2D eigenvalue weighted by Gasteiger charge is 2.36. The number of guanidine groups is 1. The van der Waals surface area contributed by atoms with Crippen molar-refractivity contribution < 1.29 is 14.2 Å². The van der Waals surface area contributed by atoms with E-state index in [4.69, 9.17) is 14.2 Å². The van der Waals surface area contributed by atoms with E-state index in [9.17, 15) is 0 Å². The summed E-state index contributed by atoms with van der Waals surface area (Å²) in [6, 6.07) is 5.83. The number of halogens is 1. The minimum absolute atomic E-state index is 0. The lowest BCUT2D eigenvalue weighted by molar-refractivity contribution is 0.0732. The number of nitrogens with zero attached hydrogens (tertiary/aromatic N) is 1. The summed E-state index contributed by atoms with van der Waals surface area (Å²) in [5, 5.41) is 6.83. The van der Waals surface area contributed by atoms with Gasteiger partial charge in [-0.3, -0.25) is 4.99 Å². The molecule has 2 rings (SSSR count). The van der Waals surface area contributed by atoms with E-state index in [-0.39, 0.29) is 24.0 Å². The third kappa shape index (κ3) is 6.19. The monoisotopic (exact) mass is 477 g/mol. The number of hydrogen-bond donors (Lipinski definition) is 2. The highest BCUT2D eigenvalue weighted by molar-refractivity contribution is 14.0. The van der Waals surface area contributed by atoms with Crippen LogP contribution >= 0.6 is 24.0 Å². The van der Waals surface area contributed by atoms with Gasteiger partial charge in [-0.1, -0.05) is 6.42 Å². The average Bonchev–Trinajstić information content (AvgIpc) is 2.62. The molecule has 1 saturated carbocycles. The second-order valence-electron chi connectivity index (χ2n) is 6.55. The van der Waals surface area contributed by atoms with Gasteiger partial charge in [0.25, 0.3) is 0 Å². The summed E-state index contributed by atoms with van der Waals surface area (Å²) in [5.41, 5.74) is 1.41. The predicted octanol–water partition coefficient (Wildman–Crippen LogP) is 3.19. The summed E-state index contributed by atoms with van der Waals surface area (Å²) in [6.07, 6.45) is 4.92. The summed E-state index contributed by atoms with van der Waals surface area (Å²) in [5.74, 6) is 2.40. The lowest BCUT2D eigenvalue weighted by Crippen LogP contribution is -2.46. The van der Waals surface area contributed by atoms with Gasteiger partial charge < -0.3 is 24.8 Å². The third-order valence-corrected chi connectivity index (χ3v) is 5.05. The first-order chi connectivity index (χ1) is 12.2. The Labute approximate surface area is 174 Å². The van der Waals surface area contributed by atoms with Gasteiger partial charge in [0, 0.05) is 45.5 Å². The van der Waals surface area contributed by atoms with Crippen molar-refractivity contribution in [2.75, 3.05) is 41.5 Å². The minimum Gasteiger partial charge on any atom is -0.497 e. The second kappa shape index (κ2) is 11.5. The van der Waals surface area contributed by atoms with Crippen LogP contribution in [0, 0.1) is 5.41 Å². The van der Waals surface area contributed by atoms with E-state index >= 15 is 0 Å². The smallest absolute Gasteiger partial charge is 0.191 e. The van der Waals surface area contributed by atoms with E-state index in [1.807, 2.05) is 18.2 Å². The minimum atomic E-state index is 0. The van der Waals surface area contributed by atoms with Crippen LogP contribution in [0.4, 0.5) is 0 Å². The Hall–Kier alpha value is -1.22. The molecule has 2 N–H and O–H groups in total. The summed E-state index contributed by atoms with van der Waals surface area (Å²) in [7, 11) is 6.88. The van der Waals surface area contributed by atoms with Crippen LogP contribution in [-0.2, 0) is 11.3 Å². The van der Waals surface area contributed by atoms with E-state index in [2.05, 4.69) is 15.6 Å². The highest BCUT2D eigenvalue weighted by atomic mass is 127. The van der Waals surface area contributed by atoms with E-state index in [0.717, 1.165) is 42.6 Å². The predicted molar refractivity (Wildman–Crippen MR) is 116 cm³/mol. The van der Waals surface area contributed by atoms with Crippen molar-refractivity contribution in [2.45, 2.75) is 32.2 Å². The van der Waals surface area contributed by atoms with Crippen molar-refractivity contribution in [1.29, 1.82) is 0 Å². The maximum Gasteiger partial charge on any atom is 0.191 e. The van der Waals surface area contributed by atoms with Gasteiger partial charge in [-0.05, 0) is 36.8 Å².